The lowest BCUT2D eigenvalue weighted by Gasteiger charge is -2.21. The fourth-order valence-corrected chi connectivity index (χ4v) is 4.38. The molecule has 0 aliphatic rings. The van der Waals surface area contributed by atoms with Crippen LogP contribution in [0.5, 0.6) is 0 Å². The molecule has 0 aromatic heterocycles. The number of hydrogen-bond donors (Lipinski definition) is 2. The normalized spacial score (nSPS) is 11.5. The Kier molecular flexibility index (Phi) is 8.23. The standard InChI is InChI=1S/C24H23FN4O4S/c1-18(30)27-22-11-13-23(14-12-22)34(32,33)29(16-20-5-3-2-4-6-20)17-24(31)28-26-15-19-7-9-21(25)10-8-19/h2-15H,16-17H2,1H3,(H,27,30)(H,28,31)/b26-15-. The number of hydrogen-bond acceptors (Lipinski definition) is 5. The molecule has 0 atom stereocenters. The monoisotopic (exact) mass is 482 g/mol. The third-order valence-corrected chi connectivity index (χ3v) is 6.41. The van der Waals surface area contributed by atoms with Crippen LogP contribution in [0, 0.1) is 5.82 Å². The lowest BCUT2D eigenvalue weighted by molar-refractivity contribution is -0.121. The maximum absolute atomic E-state index is 13.3. The first-order valence-electron chi connectivity index (χ1n) is 10.2. The first-order chi connectivity index (χ1) is 16.2. The molecule has 3 aromatic rings. The molecule has 0 saturated carbocycles. The van der Waals surface area contributed by atoms with E-state index in [0.717, 1.165) is 4.31 Å². The number of hydrazone groups is 1. The van der Waals surface area contributed by atoms with Crippen molar-refractivity contribution in [3.8, 4) is 0 Å². The molecule has 0 heterocycles. The van der Waals surface area contributed by atoms with E-state index < -0.39 is 28.3 Å². The van der Waals surface area contributed by atoms with Crippen molar-refractivity contribution in [1.29, 1.82) is 0 Å². The van der Waals surface area contributed by atoms with Gasteiger partial charge in [0.15, 0.2) is 0 Å². The zero-order valence-corrected chi connectivity index (χ0v) is 19.1. The molecule has 0 spiro atoms. The predicted molar refractivity (Wildman–Crippen MR) is 127 cm³/mol. The molecule has 0 aliphatic carbocycles. The minimum Gasteiger partial charge on any atom is -0.326 e. The zero-order valence-electron chi connectivity index (χ0n) is 18.3. The molecule has 34 heavy (non-hydrogen) atoms. The van der Waals surface area contributed by atoms with Gasteiger partial charge in [0.05, 0.1) is 17.7 Å². The number of halogens is 1. The van der Waals surface area contributed by atoms with E-state index in [9.17, 15) is 22.4 Å². The molecule has 3 aromatic carbocycles. The summed E-state index contributed by atoms with van der Waals surface area (Å²) in [6.45, 7) is 0.834. The highest BCUT2D eigenvalue weighted by Crippen LogP contribution is 2.20. The Morgan fingerprint density at radius 2 is 1.62 bits per heavy atom. The second kappa shape index (κ2) is 11.3. The summed E-state index contributed by atoms with van der Waals surface area (Å²) < 4.78 is 40.7. The van der Waals surface area contributed by atoms with Crippen LogP contribution in [0.2, 0.25) is 0 Å². The maximum Gasteiger partial charge on any atom is 0.255 e. The average Bonchev–Trinajstić information content (AvgIpc) is 2.80. The topological polar surface area (TPSA) is 108 Å². The number of anilines is 1. The number of carbonyl (C=O) groups is 2. The lowest BCUT2D eigenvalue weighted by Crippen LogP contribution is -2.39. The van der Waals surface area contributed by atoms with Gasteiger partial charge in [0.25, 0.3) is 5.91 Å². The van der Waals surface area contributed by atoms with Gasteiger partial charge in [-0.1, -0.05) is 42.5 Å². The van der Waals surface area contributed by atoms with Gasteiger partial charge in [-0.2, -0.15) is 9.41 Å². The number of nitrogens with one attached hydrogen (secondary N) is 2. The molecule has 2 amide bonds. The van der Waals surface area contributed by atoms with Gasteiger partial charge in [0, 0.05) is 19.2 Å². The second-order valence-corrected chi connectivity index (χ2v) is 9.25. The molecule has 10 heteroatoms. The first kappa shape index (κ1) is 24.7. The van der Waals surface area contributed by atoms with Crippen molar-refractivity contribution < 1.29 is 22.4 Å². The Balaban J connectivity index is 1.77. The number of amides is 2. The van der Waals surface area contributed by atoms with E-state index in [0.29, 0.717) is 16.8 Å². The van der Waals surface area contributed by atoms with Gasteiger partial charge in [-0.05, 0) is 47.5 Å². The van der Waals surface area contributed by atoms with E-state index in [4.69, 9.17) is 0 Å². The second-order valence-electron chi connectivity index (χ2n) is 7.31. The molecule has 0 saturated heterocycles. The average molecular weight is 483 g/mol. The van der Waals surface area contributed by atoms with Crippen molar-refractivity contribution in [2.45, 2.75) is 18.4 Å². The van der Waals surface area contributed by atoms with Crippen LogP contribution in [-0.4, -0.2) is 37.3 Å². The van der Waals surface area contributed by atoms with Crippen LogP contribution in [0.15, 0.2) is 88.9 Å². The van der Waals surface area contributed by atoms with E-state index in [1.807, 2.05) is 0 Å². The lowest BCUT2D eigenvalue weighted by atomic mass is 10.2. The molecule has 0 radical (unpaired) electrons. The molecule has 3 rings (SSSR count). The van der Waals surface area contributed by atoms with Crippen molar-refractivity contribution in [3.63, 3.8) is 0 Å². The van der Waals surface area contributed by atoms with Gasteiger partial charge >= 0.3 is 0 Å². The number of rotatable bonds is 9. The minimum atomic E-state index is -4.06. The fourth-order valence-electron chi connectivity index (χ4n) is 3.00. The molecule has 0 aliphatic heterocycles. The molecule has 8 nitrogen and oxygen atoms in total. The van der Waals surface area contributed by atoms with Crippen LogP contribution in [0.25, 0.3) is 0 Å². The largest absolute Gasteiger partial charge is 0.326 e. The van der Waals surface area contributed by atoms with Gasteiger partial charge in [0.1, 0.15) is 5.82 Å². The van der Waals surface area contributed by atoms with Gasteiger partial charge < -0.3 is 5.32 Å². The van der Waals surface area contributed by atoms with Gasteiger partial charge in [0.2, 0.25) is 15.9 Å². The van der Waals surface area contributed by atoms with Crippen LogP contribution in [0.4, 0.5) is 10.1 Å². The van der Waals surface area contributed by atoms with Crippen molar-refractivity contribution in [3.05, 3.63) is 95.8 Å². The highest BCUT2D eigenvalue weighted by atomic mass is 32.2. The van der Waals surface area contributed by atoms with Crippen LogP contribution in [0.3, 0.4) is 0 Å². The zero-order chi connectivity index (χ0) is 24.6. The third-order valence-electron chi connectivity index (χ3n) is 4.61. The Hall–Kier alpha value is -3.89. The summed E-state index contributed by atoms with van der Waals surface area (Å²) in [4.78, 5) is 23.7. The summed E-state index contributed by atoms with van der Waals surface area (Å²) in [5.74, 6) is -1.32. The summed E-state index contributed by atoms with van der Waals surface area (Å²) in [7, 11) is -4.06. The molecule has 176 valence electrons. The SMILES string of the molecule is CC(=O)Nc1ccc(S(=O)(=O)N(CC(=O)N/N=C\c2ccc(F)cc2)Cc2ccccc2)cc1. The van der Waals surface area contributed by atoms with Crippen LogP contribution in [0.1, 0.15) is 18.1 Å². The quantitative estimate of drug-likeness (QED) is 0.361. The van der Waals surface area contributed by atoms with E-state index in [1.54, 1.807) is 30.3 Å². The summed E-state index contributed by atoms with van der Waals surface area (Å²) >= 11 is 0. The van der Waals surface area contributed by atoms with Crippen molar-refractivity contribution >= 4 is 33.7 Å². The molecule has 0 fully saturated rings. The van der Waals surface area contributed by atoms with Crippen molar-refractivity contribution in [1.82, 2.24) is 9.73 Å². The molecule has 0 bridgehead atoms. The maximum atomic E-state index is 13.3. The number of carbonyl (C=O) groups excluding carboxylic acids is 2. The summed E-state index contributed by atoms with van der Waals surface area (Å²) in [6, 6.07) is 20.0. The Morgan fingerprint density at radius 3 is 2.24 bits per heavy atom. The summed E-state index contributed by atoms with van der Waals surface area (Å²) in [5.41, 5.74) is 4.01. The van der Waals surface area contributed by atoms with Crippen LogP contribution >= 0.6 is 0 Å². The molecule has 0 unspecified atom stereocenters. The predicted octanol–water partition coefficient (Wildman–Crippen LogP) is 3.13. The number of sulfonamides is 1. The van der Waals surface area contributed by atoms with Gasteiger partial charge in [-0.15, -0.1) is 0 Å². The summed E-state index contributed by atoms with van der Waals surface area (Å²) in [6.07, 6.45) is 1.33. The van der Waals surface area contributed by atoms with Gasteiger partial charge in [-0.25, -0.2) is 18.2 Å². The minimum absolute atomic E-state index is 0.0276. The highest BCUT2D eigenvalue weighted by molar-refractivity contribution is 7.89. The molecule has 2 N–H and O–H groups in total. The van der Waals surface area contributed by atoms with E-state index in [-0.39, 0.29) is 17.3 Å². The number of benzene rings is 3. The first-order valence-corrected chi connectivity index (χ1v) is 11.7. The van der Waals surface area contributed by atoms with Gasteiger partial charge in [-0.3, -0.25) is 9.59 Å². The Labute approximate surface area is 197 Å². The van der Waals surface area contributed by atoms with Crippen LogP contribution in [-0.2, 0) is 26.2 Å². The van der Waals surface area contributed by atoms with E-state index in [2.05, 4.69) is 15.8 Å². The smallest absolute Gasteiger partial charge is 0.255 e. The van der Waals surface area contributed by atoms with E-state index >= 15 is 0 Å². The molecular weight excluding hydrogens is 459 g/mol. The highest BCUT2D eigenvalue weighted by Gasteiger charge is 2.27. The van der Waals surface area contributed by atoms with E-state index in [1.165, 1.54) is 61.7 Å². The Morgan fingerprint density at radius 1 is 0.971 bits per heavy atom. The fraction of sp³-hybridized carbons (Fsp3) is 0.125. The van der Waals surface area contributed by atoms with Crippen molar-refractivity contribution in [2.75, 3.05) is 11.9 Å². The molecular formula is C24H23FN4O4S. The van der Waals surface area contributed by atoms with Crippen molar-refractivity contribution in [2.24, 2.45) is 5.10 Å². The van der Waals surface area contributed by atoms with Crippen LogP contribution < -0.4 is 10.7 Å². The Bertz CT molecular complexity index is 1260. The third kappa shape index (κ3) is 7.06. The summed E-state index contributed by atoms with van der Waals surface area (Å²) in [5, 5.41) is 6.39. The number of nitrogens with zero attached hydrogens (tertiary/aromatic N) is 2.